The van der Waals surface area contributed by atoms with E-state index < -0.39 is 0 Å². The Balaban J connectivity index is 1.61. The van der Waals surface area contributed by atoms with Gasteiger partial charge < -0.3 is 9.15 Å². The molecular formula is C13H15NO2S2. The molecule has 2 aromatic heterocycles. The lowest BCUT2D eigenvalue weighted by atomic mass is 10.2. The maximum atomic E-state index is 5.65. The fraction of sp³-hybridized carbons (Fsp3) is 0.462. The zero-order valence-electron chi connectivity index (χ0n) is 10.2. The van der Waals surface area contributed by atoms with Crippen molar-refractivity contribution >= 4 is 23.1 Å². The third-order valence-corrected chi connectivity index (χ3v) is 5.12. The third-order valence-electron chi connectivity index (χ3n) is 2.96. The zero-order chi connectivity index (χ0) is 12.4. The van der Waals surface area contributed by atoms with Crippen molar-refractivity contribution in [1.29, 1.82) is 0 Å². The number of aryl methyl sites for hydroxylation is 1. The molecule has 1 fully saturated rings. The first-order valence-corrected chi connectivity index (χ1v) is 7.92. The van der Waals surface area contributed by atoms with Crippen LogP contribution >= 0.6 is 23.1 Å². The highest BCUT2D eigenvalue weighted by Crippen LogP contribution is 2.32. The molecule has 0 saturated carbocycles. The molecule has 1 saturated heterocycles. The molecule has 0 unspecified atom stereocenters. The van der Waals surface area contributed by atoms with E-state index in [0.29, 0.717) is 0 Å². The summed E-state index contributed by atoms with van der Waals surface area (Å²) in [4.78, 5) is 5.86. The van der Waals surface area contributed by atoms with Gasteiger partial charge in [0, 0.05) is 22.6 Å². The number of hydrogen-bond donors (Lipinski definition) is 0. The van der Waals surface area contributed by atoms with E-state index in [0.717, 1.165) is 41.7 Å². The predicted molar refractivity (Wildman–Crippen MR) is 73.0 cm³/mol. The molecule has 3 heterocycles. The van der Waals surface area contributed by atoms with Gasteiger partial charge in [-0.3, -0.25) is 0 Å². The van der Waals surface area contributed by atoms with E-state index in [1.54, 1.807) is 29.4 Å². The second-order valence-electron chi connectivity index (χ2n) is 4.31. The van der Waals surface area contributed by atoms with Gasteiger partial charge in [-0.2, -0.15) is 0 Å². The number of aromatic nitrogens is 1. The monoisotopic (exact) mass is 281 g/mol. The van der Waals surface area contributed by atoms with Crippen LogP contribution in [0.15, 0.2) is 27.0 Å². The summed E-state index contributed by atoms with van der Waals surface area (Å²) in [6.45, 7) is 2.86. The molecule has 0 radical (unpaired) electrons. The van der Waals surface area contributed by atoms with E-state index >= 15 is 0 Å². The van der Waals surface area contributed by atoms with Crippen molar-refractivity contribution in [3.05, 3.63) is 34.2 Å². The molecule has 0 N–H and O–H groups in total. The smallest absolute Gasteiger partial charge is 0.122 e. The number of nitrogens with zero attached hydrogens (tertiary/aromatic N) is 1. The van der Waals surface area contributed by atoms with E-state index in [1.165, 1.54) is 4.90 Å². The highest BCUT2D eigenvalue weighted by atomic mass is 32.2. The number of rotatable bonds is 4. The lowest BCUT2D eigenvalue weighted by Crippen LogP contribution is -1.95. The van der Waals surface area contributed by atoms with Crippen molar-refractivity contribution in [3.63, 3.8) is 0 Å². The molecule has 0 aromatic carbocycles. The Morgan fingerprint density at radius 1 is 1.56 bits per heavy atom. The minimum absolute atomic E-state index is 0.240. The van der Waals surface area contributed by atoms with Gasteiger partial charge in [0.15, 0.2) is 0 Å². The Bertz CT molecular complexity index is 515. The van der Waals surface area contributed by atoms with Crippen LogP contribution in [0.2, 0.25) is 0 Å². The summed E-state index contributed by atoms with van der Waals surface area (Å²) in [5.41, 5.74) is 1.14. The van der Waals surface area contributed by atoms with E-state index in [9.17, 15) is 0 Å². The van der Waals surface area contributed by atoms with Crippen molar-refractivity contribution in [2.75, 3.05) is 6.61 Å². The van der Waals surface area contributed by atoms with Gasteiger partial charge in [0.05, 0.1) is 12.0 Å². The SMILES string of the molecule is Cc1occc1SCc1csc([C@H]2CCCO2)n1. The Morgan fingerprint density at radius 2 is 2.50 bits per heavy atom. The van der Waals surface area contributed by atoms with E-state index in [1.807, 2.05) is 13.0 Å². The molecule has 2 aromatic rings. The number of ether oxygens (including phenoxy) is 1. The molecule has 1 aliphatic rings. The van der Waals surface area contributed by atoms with Crippen molar-refractivity contribution in [3.8, 4) is 0 Å². The first-order valence-electron chi connectivity index (χ1n) is 6.06. The highest BCUT2D eigenvalue weighted by molar-refractivity contribution is 7.98. The molecule has 5 heteroatoms. The molecule has 0 bridgehead atoms. The fourth-order valence-electron chi connectivity index (χ4n) is 1.98. The minimum atomic E-state index is 0.240. The summed E-state index contributed by atoms with van der Waals surface area (Å²) in [7, 11) is 0. The quantitative estimate of drug-likeness (QED) is 0.787. The van der Waals surface area contributed by atoms with Crippen LogP contribution in [0.3, 0.4) is 0 Å². The molecule has 96 valence electrons. The van der Waals surface area contributed by atoms with Gasteiger partial charge in [-0.1, -0.05) is 0 Å². The van der Waals surface area contributed by atoms with Gasteiger partial charge in [-0.15, -0.1) is 23.1 Å². The number of hydrogen-bond acceptors (Lipinski definition) is 5. The van der Waals surface area contributed by atoms with Gasteiger partial charge in [-0.25, -0.2) is 4.98 Å². The maximum Gasteiger partial charge on any atom is 0.122 e. The second kappa shape index (κ2) is 5.47. The van der Waals surface area contributed by atoms with Crippen LogP contribution in [0.1, 0.15) is 35.4 Å². The van der Waals surface area contributed by atoms with Crippen LogP contribution in [0.5, 0.6) is 0 Å². The Hall–Kier alpha value is -0.780. The topological polar surface area (TPSA) is 35.3 Å². The average molecular weight is 281 g/mol. The Morgan fingerprint density at radius 3 is 3.22 bits per heavy atom. The molecule has 0 spiro atoms. The van der Waals surface area contributed by atoms with Crippen LogP contribution in [0.4, 0.5) is 0 Å². The summed E-state index contributed by atoms with van der Waals surface area (Å²) in [6, 6.07) is 2.01. The normalized spacial score (nSPS) is 19.5. The van der Waals surface area contributed by atoms with E-state index in [-0.39, 0.29) is 6.10 Å². The van der Waals surface area contributed by atoms with Gasteiger partial charge in [-0.05, 0) is 25.8 Å². The van der Waals surface area contributed by atoms with Crippen LogP contribution in [-0.4, -0.2) is 11.6 Å². The summed E-state index contributed by atoms with van der Waals surface area (Å²) >= 11 is 3.49. The molecule has 18 heavy (non-hydrogen) atoms. The summed E-state index contributed by atoms with van der Waals surface area (Å²) in [5, 5.41) is 3.27. The number of thioether (sulfide) groups is 1. The molecular weight excluding hydrogens is 266 g/mol. The summed E-state index contributed by atoms with van der Waals surface area (Å²) in [6.07, 6.45) is 4.24. The Kier molecular flexibility index (Phi) is 3.72. The molecule has 1 atom stereocenters. The molecule has 0 amide bonds. The van der Waals surface area contributed by atoms with Crippen molar-refractivity contribution in [2.24, 2.45) is 0 Å². The number of thiazole rings is 1. The molecule has 3 rings (SSSR count). The molecule has 0 aliphatic carbocycles. The first-order chi connectivity index (χ1) is 8.83. The van der Waals surface area contributed by atoms with Gasteiger partial charge in [0.25, 0.3) is 0 Å². The van der Waals surface area contributed by atoms with Crippen LogP contribution in [-0.2, 0) is 10.5 Å². The minimum Gasteiger partial charge on any atom is -0.468 e. The Labute approximate surface area is 115 Å². The van der Waals surface area contributed by atoms with Gasteiger partial charge in [0.2, 0.25) is 0 Å². The maximum absolute atomic E-state index is 5.65. The lowest BCUT2D eigenvalue weighted by molar-refractivity contribution is 0.111. The summed E-state index contributed by atoms with van der Waals surface area (Å²) in [5.74, 6) is 1.87. The number of furan rings is 1. The zero-order valence-corrected chi connectivity index (χ0v) is 11.9. The van der Waals surface area contributed by atoms with Crippen molar-refractivity contribution < 1.29 is 9.15 Å². The fourth-order valence-corrected chi connectivity index (χ4v) is 3.84. The van der Waals surface area contributed by atoms with E-state index in [4.69, 9.17) is 9.15 Å². The van der Waals surface area contributed by atoms with Crippen molar-refractivity contribution in [2.45, 2.75) is 36.5 Å². The average Bonchev–Trinajstić information content (AvgIpc) is 3.08. The highest BCUT2D eigenvalue weighted by Gasteiger charge is 2.20. The lowest BCUT2D eigenvalue weighted by Gasteiger charge is -2.03. The predicted octanol–water partition coefficient (Wildman–Crippen LogP) is 4.19. The van der Waals surface area contributed by atoms with Crippen LogP contribution in [0.25, 0.3) is 0 Å². The first kappa shape index (κ1) is 12.3. The molecule has 1 aliphatic heterocycles. The van der Waals surface area contributed by atoms with Gasteiger partial charge >= 0.3 is 0 Å². The standard InChI is InChI=1S/C13H15NO2S2/c1-9-12(4-6-15-9)17-7-10-8-18-13(14-10)11-3-2-5-16-11/h4,6,8,11H,2-3,5,7H2,1H3/t11-/m1/s1. The largest absolute Gasteiger partial charge is 0.468 e. The second-order valence-corrected chi connectivity index (χ2v) is 6.22. The van der Waals surface area contributed by atoms with Crippen molar-refractivity contribution in [1.82, 2.24) is 4.98 Å². The van der Waals surface area contributed by atoms with Crippen LogP contribution in [0, 0.1) is 6.92 Å². The molecule has 3 nitrogen and oxygen atoms in total. The summed E-state index contributed by atoms with van der Waals surface area (Å²) < 4.78 is 10.9. The van der Waals surface area contributed by atoms with E-state index in [2.05, 4.69) is 10.4 Å². The van der Waals surface area contributed by atoms with Crippen LogP contribution < -0.4 is 0 Å². The van der Waals surface area contributed by atoms with Gasteiger partial charge in [0.1, 0.15) is 16.9 Å². The third kappa shape index (κ3) is 2.63.